The van der Waals surface area contributed by atoms with Crippen molar-refractivity contribution >= 4 is 22.8 Å². The lowest BCUT2D eigenvalue weighted by Gasteiger charge is -2.14. The fourth-order valence-corrected chi connectivity index (χ4v) is 2.54. The molecule has 1 atom stereocenters. The molecule has 0 spiro atoms. The lowest BCUT2D eigenvalue weighted by atomic mass is 10.2. The van der Waals surface area contributed by atoms with Crippen LogP contribution in [0.3, 0.4) is 0 Å². The molecule has 0 aliphatic heterocycles. The monoisotopic (exact) mass is 343 g/mol. The maximum Gasteiger partial charge on any atom is 0.307 e. The molecular weight excluding hydrogens is 325 g/mol. The summed E-state index contributed by atoms with van der Waals surface area (Å²) in [5, 5.41) is 8.18. The zero-order valence-electron chi connectivity index (χ0n) is 14.2. The number of rotatable bonds is 5. The van der Waals surface area contributed by atoms with Crippen LogP contribution in [0.15, 0.2) is 30.5 Å². The molecule has 8 heteroatoms. The first-order valence-electron chi connectivity index (χ1n) is 7.79. The number of ether oxygens (including phenoxy) is 1. The van der Waals surface area contributed by atoms with Crippen molar-refractivity contribution in [2.45, 2.75) is 26.3 Å². The second-order valence-corrected chi connectivity index (χ2v) is 5.72. The number of methoxy groups -OCH3 is 1. The Morgan fingerprint density at radius 3 is 2.92 bits per heavy atom. The van der Waals surface area contributed by atoms with Gasteiger partial charge in [-0.3, -0.25) is 4.79 Å². The largest absolute Gasteiger partial charge is 0.469 e. The number of hydrogen-bond acceptors (Lipinski definition) is 6. The number of aromatic nitrogens is 4. The molecule has 3 aromatic rings. The third kappa shape index (κ3) is 3.57. The number of anilines is 1. The van der Waals surface area contributed by atoms with Crippen LogP contribution in [0.2, 0.25) is 0 Å². The molecule has 0 aliphatic rings. The van der Waals surface area contributed by atoms with Gasteiger partial charge in [-0.1, -0.05) is 6.07 Å². The van der Waals surface area contributed by atoms with Crippen molar-refractivity contribution < 1.29 is 13.9 Å². The van der Waals surface area contributed by atoms with E-state index in [1.807, 2.05) is 6.92 Å². The number of aryl methyl sites for hydroxylation is 1. The van der Waals surface area contributed by atoms with E-state index < -0.39 is 0 Å². The molecule has 2 aromatic heterocycles. The topological polar surface area (TPSA) is 81.9 Å². The first-order chi connectivity index (χ1) is 12.0. The van der Waals surface area contributed by atoms with E-state index in [1.165, 1.54) is 19.2 Å². The summed E-state index contributed by atoms with van der Waals surface area (Å²) in [5.74, 6) is 0.453. The Kier molecular flexibility index (Phi) is 4.60. The van der Waals surface area contributed by atoms with Crippen LogP contribution in [-0.4, -0.2) is 38.9 Å². The SMILES string of the molecule is COC(=O)C[C@@H](C)Nc1nc(C)nc2c1cnn2-c1cccc(F)c1. The summed E-state index contributed by atoms with van der Waals surface area (Å²) in [6, 6.07) is 5.94. The molecule has 0 fully saturated rings. The van der Waals surface area contributed by atoms with Gasteiger partial charge in [0.2, 0.25) is 0 Å². The van der Waals surface area contributed by atoms with Gasteiger partial charge in [0.25, 0.3) is 0 Å². The number of nitrogens with one attached hydrogen (secondary N) is 1. The highest BCUT2D eigenvalue weighted by Crippen LogP contribution is 2.24. The molecule has 25 heavy (non-hydrogen) atoms. The van der Waals surface area contributed by atoms with Crippen LogP contribution in [0.1, 0.15) is 19.2 Å². The smallest absolute Gasteiger partial charge is 0.307 e. The van der Waals surface area contributed by atoms with E-state index in [0.29, 0.717) is 28.4 Å². The Balaban J connectivity index is 2.00. The summed E-state index contributed by atoms with van der Waals surface area (Å²) >= 11 is 0. The van der Waals surface area contributed by atoms with Crippen LogP contribution in [0, 0.1) is 12.7 Å². The Morgan fingerprint density at radius 2 is 2.20 bits per heavy atom. The number of halogens is 1. The van der Waals surface area contributed by atoms with Gasteiger partial charge in [-0.05, 0) is 32.0 Å². The third-order valence-corrected chi connectivity index (χ3v) is 3.68. The number of nitrogens with zero attached hydrogens (tertiary/aromatic N) is 4. The Hall–Kier alpha value is -3.03. The molecule has 0 bridgehead atoms. The molecule has 0 saturated heterocycles. The van der Waals surface area contributed by atoms with Crippen molar-refractivity contribution in [3.05, 3.63) is 42.1 Å². The van der Waals surface area contributed by atoms with Crippen molar-refractivity contribution in [1.29, 1.82) is 0 Å². The fourth-order valence-electron chi connectivity index (χ4n) is 2.54. The number of carbonyl (C=O) groups is 1. The van der Waals surface area contributed by atoms with Crippen molar-refractivity contribution in [2.75, 3.05) is 12.4 Å². The number of benzene rings is 1. The highest BCUT2D eigenvalue weighted by molar-refractivity contribution is 5.87. The summed E-state index contributed by atoms with van der Waals surface area (Å²) in [6.07, 6.45) is 1.83. The molecule has 7 nitrogen and oxygen atoms in total. The van der Waals surface area contributed by atoms with Crippen molar-refractivity contribution in [1.82, 2.24) is 19.7 Å². The molecule has 1 N–H and O–H groups in total. The van der Waals surface area contributed by atoms with Gasteiger partial charge in [-0.2, -0.15) is 5.10 Å². The van der Waals surface area contributed by atoms with Gasteiger partial charge < -0.3 is 10.1 Å². The predicted octanol–water partition coefficient (Wildman–Crippen LogP) is 2.63. The van der Waals surface area contributed by atoms with Crippen LogP contribution >= 0.6 is 0 Å². The maximum atomic E-state index is 13.5. The molecule has 1 aromatic carbocycles. The summed E-state index contributed by atoms with van der Waals surface area (Å²) in [4.78, 5) is 20.2. The third-order valence-electron chi connectivity index (χ3n) is 3.68. The average molecular weight is 343 g/mol. The molecular formula is C17H18FN5O2. The number of carbonyl (C=O) groups excluding carboxylic acids is 1. The van der Waals surface area contributed by atoms with E-state index in [-0.39, 0.29) is 24.2 Å². The summed E-state index contributed by atoms with van der Waals surface area (Å²) < 4.78 is 19.8. The van der Waals surface area contributed by atoms with Gasteiger partial charge in [0.1, 0.15) is 17.5 Å². The Morgan fingerprint density at radius 1 is 1.40 bits per heavy atom. The number of hydrogen-bond donors (Lipinski definition) is 1. The van der Waals surface area contributed by atoms with Gasteiger partial charge in [0.15, 0.2) is 5.65 Å². The van der Waals surface area contributed by atoms with E-state index in [1.54, 1.807) is 29.9 Å². The second-order valence-electron chi connectivity index (χ2n) is 5.72. The van der Waals surface area contributed by atoms with Crippen LogP contribution in [0.5, 0.6) is 0 Å². The van der Waals surface area contributed by atoms with E-state index in [9.17, 15) is 9.18 Å². The van der Waals surface area contributed by atoms with Gasteiger partial charge in [0.05, 0.1) is 30.8 Å². The van der Waals surface area contributed by atoms with Gasteiger partial charge in [0, 0.05) is 6.04 Å². The second kappa shape index (κ2) is 6.84. The van der Waals surface area contributed by atoms with Gasteiger partial charge in [-0.15, -0.1) is 0 Å². The minimum atomic E-state index is -0.350. The lowest BCUT2D eigenvalue weighted by molar-refractivity contribution is -0.140. The number of fused-ring (bicyclic) bond motifs is 1. The van der Waals surface area contributed by atoms with E-state index in [2.05, 4.69) is 25.1 Å². The van der Waals surface area contributed by atoms with Crippen LogP contribution in [-0.2, 0) is 9.53 Å². The standard InChI is InChI=1S/C17H18FN5O2/c1-10(7-15(24)25-3)20-16-14-9-19-23(17(14)22-11(2)21-16)13-6-4-5-12(18)8-13/h4-6,8-10H,7H2,1-3H3,(H,20,21,22)/t10-/m1/s1. The minimum Gasteiger partial charge on any atom is -0.469 e. The van der Waals surface area contributed by atoms with E-state index >= 15 is 0 Å². The molecule has 0 radical (unpaired) electrons. The summed E-state index contributed by atoms with van der Waals surface area (Å²) in [6.45, 7) is 3.62. The lowest BCUT2D eigenvalue weighted by Crippen LogP contribution is -2.21. The fraction of sp³-hybridized carbons (Fsp3) is 0.294. The summed E-state index contributed by atoms with van der Waals surface area (Å²) in [7, 11) is 1.35. The molecule has 130 valence electrons. The normalized spacial score (nSPS) is 12.2. The van der Waals surface area contributed by atoms with E-state index in [0.717, 1.165) is 0 Å². The average Bonchev–Trinajstić information content (AvgIpc) is 2.98. The van der Waals surface area contributed by atoms with Crippen molar-refractivity contribution in [2.24, 2.45) is 0 Å². The highest BCUT2D eigenvalue weighted by Gasteiger charge is 2.16. The van der Waals surface area contributed by atoms with E-state index in [4.69, 9.17) is 0 Å². The van der Waals surface area contributed by atoms with Gasteiger partial charge >= 0.3 is 5.97 Å². The number of esters is 1. The van der Waals surface area contributed by atoms with Crippen molar-refractivity contribution in [3.63, 3.8) is 0 Å². The molecule has 2 heterocycles. The molecule has 3 rings (SSSR count). The Bertz CT molecular complexity index is 925. The minimum absolute atomic E-state index is 0.178. The van der Waals surface area contributed by atoms with Crippen LogP contribution in [0.4, 0.5) is 10.2 Å². The van der Waals surface area contributed by atoms with Crippen LogP contribution in [0.25, 0.3) is 16.7 Å². The first-order valence-corrected chi connectivity index (χ1v) is 7.79. The molecule has 0 amide bonds. The quantitative estimate of drug-likeness (QED) is 0.717. The molecule has 0 aliphatic carbocycles. The Labute approximate surface area is 143 Å². The summed E-state index contributed by atoms with van der Waals surface area (Å²) in [5.41, 5.74) is 1.13. The van der Waals surface area contributed by atoms with Gasteiger partial charge in [-0.25, -0.2) is 19.0 Å². The molecule has 0 unspecified atom stereocenters. The van der Waals surface area contributed by atoms with Crippen LogP contribution < -0.4 is 5.32 Å². The highest BCUT2D eigenvalue weighted by atomic mass is 19.1. The van der Waals surface area contributed by atoms with Crippen molar-refractivity contribution in [3.8, 4) is 5.69 Å². The molecule has 0 saturated carbocycles. The zero-order chi connectivity index (χ0) is 18.0. The maximum absolute atomic E-state index is 13.5. The predicted molar refractivity (Wildman–Crippen MR) is 91.1 cm³/mol. The zero-order valence-corrected chi connectivity index (χ0v) is 14.2. The first kappa shape index (κ1) is 16.8.